The Bertz CT molecular complexity index is 458. The Morgan fingerprint density at radius 3 is 2.43 bits per heavy atom. The average Bonchev–Trinajstić information content (AvgIpc) is 2.47. The molecule has 2 N–H and O–H groups in total. The number of rotatable bonds is 12. The number of carboxylic acid groups (broad SMARTS) is 1. The number of hydrogen-bond donors (Lipinski definition) is 2. The van der Waals surface area contributed by atoms with Crippen LogP contribution in [0.4, 0.5) is 0 Å². The van der Waals surface area contributed by atoms with E-state index in [0.29, 0.717) is 12.6 Å². The fraction of sp³-hybridized carbons (Fsp3) is 0.733. The maximum atomic E-state index is 12.2. The second-order valence-electron chi connectivity index (χ2n) is 5.46. The van der Waals surface area contributed by atoms with E-state index in [1.165, 1.54) is 0 Å². The fourth-order valence-electron chi connectivity index (χ4n) is 1.92. The van der Waals surface area contributed by atoms with Crippen molar-refractivity contribution in [3.05, 3.63) is 5.53 Å². The molecule has 0 saturated heterocycles. The highest BCUT2D eigenvalue weighted by Crippen LogP contribution is 2.09. The first-order valence-electron chi connectivity index (χ1n) is 7.70. The van der Waals surface area contributed by atoms with Gasteiger partial charge in [-0.25, -0.2) is 4.79 Å². The zero-order chi connectivity index (χ0) is 17.8. The van der Waals surface area contributed by atoms with Crippen molar-refractivity contribution in [1.29, 1.82) is 0 Å². The summed E-state index contributed by atoms with van der Waals surface area (Å²) < 4.78 is 5.53. The van der Waals surface area contributed by atoms with E-state index in [1.807, 2.05) is 6.92 Å². The number of ether oxygens (including phenoxy) is 1. The third kappa shape index (κ3) is 9.55. The minimum Gasteiger partial charge on any atom is -0.480 e. The second kappa shape index (κ2) is 11.5. The summed E-state index contributed by atoms with van der Waals surface area (Å²) in [6.07, 6.45) is 1.77. The Kier molecular flexibility index (Phi) is 10.5. The molecule has 0 bridgehead atoms. The molecule has 2 atom stereocenters. The van der Waals surface area contributed by atoms with Gasteiger partial charge in [-0.15, -0.1) is 0 Å². The first kappa shape index (κ1) is 20.9. The van der Waals surface area contributed by atoms with Crippen LogP contribution in [0.15, 0.2) is 0 Å². The Hall–Kier alpha value is -2.05. The van der Waals surface area contributed by atoms with Crippen LogP contribution >= 0.6 is 0 Å². The maximum Gasteiger partial charge on any atom is 0.326 e. The van der Waals surface area contributed by atoms with E-state index in [0.717, 1.165) is 12.8 Å². The van der Waals surface area contributed by atoms with Crippen LogP contribution in [-0.4, -0.2) is 52.0 Å². The quantitative estimate of drug-likeness (QED) is 0.316. The van der Waals surface area contributed by atoms with Gasteiger partial charge in [-0.2, -0.15) is 4.79 Å². The molecule has 130 valence electrons. The number of carbonyl (C=O) groups is 3. The molecule has 23 heavy (non-hydrogen) atoms. The van der Waals surface area contributed by atoms with Crippen LogP contribution in [0.3, 0.4) is 0 Å². The Labute approximate surface area is 135 Å². The Morgan fingerprint density at radius 2 is 1.96 bits per heavy atom. The number of carboxylic acids is 1. The van der Waals surface area contributed by atoms with Crippen LogP contribution < -0.4 is 5.32 Å². The summed E-state index contributed by atoms with van der Waals surface area (Å²) in [6, 6.07) is -1.20. The van der Waals surface area contributed by atoms with Gasteiger partial charge in [-0.3, -0.25) is 9.59 Å². The van der Waals surface area contributed by atoms with Gasteiger partial charge < -0.3 is 20.7 Å². The number of hydrogen-bond acceptors (Lipinski definition) is 4. The number of unbranched alkanes of at least 4 members (excludes halogenated alkanes) is 1. The number of ketones is 1. The fourth-order valence-corrected chi connectivity index (χ4v) is 1.92. The highest BCUT2D eigenvalue weighted by atomic mass is 16.5. The topological polar surface area (TPSA) is 129 Å². The van der Waals surface area contributed by atoms with Gasteiger partial charge in [0.25, 0.3) is 0 Å². The number of nitrogens with zero attached hydrogens (tertiary/aromatic N) is 2. The van der Waals surface area contributed by atoms with Gasteiger partial charge in [0.05, 0.1) is 6.10 Å². The summed E-state index contributed by atoms with van der Waals surface area (Å²) in [4.78, 5) is 37.3. The summed E-state index contributed by atoms with van der Waals surface area (Å²) in [5.74, 6) is -2.25. The normalized spacial score (nSPS) is 13.0. The van der Waals surface area contributed by atoms with E-state index in [-0.39, 0.29) is 18.9 Å². The van der Waals surface area contributed by atoms with Crippen LogP contribution in [0.1, 0.15) is 52.9 Å². The van der Waals surface area contributed by atoms with Gasteiger partial charge in [-0.1, -0.05) is 19.8 Å². The molecule has 0 unspecified atom stereocenters. The van der Waals surface area contributed by atoms with Crippen molar-refractivity contribution in [1.82, 2.24) is 5.32 Å². The van der Waals surface area contributed by atoms with E-state index in [1.54, 1.807) is 13.8 Å². The summed E-state index contributed by atoms with van der Waals surface area (Å²) in [6.45, 7) is 5.58. The average molecular weight is 327 g/mol. The SMILES string of the molecule is CCCC[C@H](OC(C)C)C(=O)N[C@@H](CCC(=O)C=[N+]=[N-])C(=O)O. The molecule has 0 aliphatic rings. The third-order valence-corrected chi connectivity index (χ3v) is 3.04. The van der Waals surface area contributed by atoms with Crippen molar-refractivity contribution in [3.63, 3.8) is 0 Å². The molecular formula is C15H25N3O5. The molecule has 0 spiro atoms. The van der Waals surface area contributed by atoms with Crippen LogP contribution in [-0.2, 0) is 19.1 Å². The summed E-state index contributed by atoms with van der Waals surface area (Å²) >= 11 is 0. The van der Waals surface area contributed by atoms with Crippen molar-refractivity contribution in [2.24, 2.45) is 0 Å². The summed E-state index contributed by atoms with van der Waals surface area (Å²) in [7, 11) is 0. The molecule has 1 amide bonds. The van der Waals surface area contributed by atoms with Gasteiger partial charge >= 0.3 is 12.2 Å². The first-order chi connectivity index (χ1) is 10.8. The van der Waals surface area contributed by atoms with Gasteiger partial charge in [0.15, 0.2) is 0 Å². The predicted molar refractivity (Wildman–Crippen MR) is 83.0 cm³/mol. The molecule has 0 radical (unpaired) electrons. The largest absolute Gasteiger partial charge is 0.480 e. The molecular weight excluding hydrogens is 302 g/mol. The van der Waals surface area contributed by atoms with Crippen molar-refractivity contribution in [2.75, 3.05) is 0 Å². The number of aliphatic carboxylic acids is 1. The monoisotopic (exact) mass is 327 g/mol. The van der Waals surface area contributed by atoms with Gasteiger partial charge in [0.2, 0.25) is 11.7 Å². The van der Waals surface area contributed by atoms with Crippen molar-refractivity contribution < 1.29 is 29.0 Å². The Morgan fingerprint density at radius 1 is 1.30 bits per heavy atom. The lowest BCUT2D eigenvalue weighted by Gasteiger charge is -2.22. The lowest BCUT2D eigenvalue weighted by atomic mass is 10.1. The molecule has 0 heterocycles. The maximum absolute atomic E-state index is 12.2. The molecule has 0 aliphatic carbocycles. The minimum absolute atomic E-state index is 0.0892. The van der Waals surface area contributed by atoms with Gasteiger partial charge in [0, 0.05) is 6.42 Å². The summed E-state index contributed by atoms with van der Waals surface area (Å²) in [5, 5.41) is 11.6. The standard InChI is InChI=1S/C15H25N3O5/c1-4-5-6-13(23-10(2)3)14(20)18-12(15(21)22)8-7-11(19)9-17-16/h9-10,12-13H,4-8H2,1-3H3,(H,18,20)(H,21,22)/t12-,13-/m0/s1. The molecule has 0 aliphatic heterocycles. The highest BCUT2D eigenvalue weighted by molar-refractivity contribution is 6.25. The van der Waals surface area contributed by atoms with Gasteiger partial charge in [0.1, 0.15) is 12.1 Å². The molecule has 0 rings (SSSR count). The van der Waals surface area contributed by atoms with E-state index >= 15 is 0 Å². The van der Waals surface area contributed by atoms with Crippen molar-refractivity contribution in [3.8, 4) is 0 Å². The lowest BCUT2D eigenvalue weighted by Crippen LogP contribution is -2.47. The smallest absolute Gasteiger partial charge is 0.326 e. The van der Waals surface area contributed by atoms with Crippen molar-refractivity contribution >= 4 is 23.9 Å². The molecule has 0 aromatic heterocycles. The van der Waals surface area contributed by atoms with Crippen LogP contribution in [0.25, 0.3) is 5.53 Å². The molecule has 0 aromatic carbocycles. The minimum atomic E-state index is -1.23. The van der Waals surface area contributed by atoms with E-state index in [9.17, 15) is 14.4 Å². The number of nitrogens with one attached hydrogen (secondary N) is 1. The number of Topliss-reactive ketones (excluding diaryl/α,β-unsaturated/α-hetero) is 1. The first-order valence-corrected chi connectivity index (χ1v) is 7.70. The van der Waals surface area contributed by atoms with E-state index in [2.05, 4.69) is 10.1 Å². The third-order valence-electron chi connectivity index (χ3n) is 3.04. The van der Waals surface area contributed by atoms with E-state index in [4.69, 9.17) is 15.4 Å². The highest BCUT2D eigenvalue weighted by Gasteiger charge is 2.26. The zero-order valence-electron chi connectivity index (χ0n) is 13.8. The zero-order valence-corrected chi connectivity index (χ0v) is 13.8. The predicted octanol–water partition coefficient (Wildman–Crippen LogP) is 1.19. The summed E-state index contributed by atoms with van der Waals surface area (Å²) in [5.41, 5.74) is 8.24. The van der Waals surface area contributed by atoms with Crippen LogP contribution in [0, 0.1) is 0 Å². The second-order valence-corrected chi connectivity index (χ2v) is 5.46. The molecule has 0 fully saturated rings. The van der Waals surface area contributed by atoms with Gasteiger partial charge in [-0.05, 0) is 26.7 Å². The van der Waals surface area contributed by atoms with Crippen LogP contribution in [0.5, 0.6) is 0 Å². The molecule has 0 aromatic rings. The van der Waals surface area contributed by atoms with Crippen molar-refractivity contribution in [2.45, 2.75) is 71.1 Å². The molecule has 8 heteroatoms. The van der Waals surface area contributed by atoms with Crippen LogP contribution in [0.2, 0.25) is 0 Å². The Balaban J connectivity index is 4.74. The van der Waals surface area contributed by atoms with E-state index < -0.39 is 29.8 Å². The lowest BCUT2D eigenvalue weighted by molar-refractivity contribution is -0.146. The number of amides is 1. The molecule has 0 saturated carbocycles. The molecule has 8 nitrogen and oxygen atoms in total. The number of carbonyl (C=O) groups excluding carboxylic acids is 2.